The Bertz CT molecular complexity index is 489. The normalized spacial score (nSPS) is 17.5. The van der Waals surface area contributed by atoms with E-state index in [0.29, 0.717) is 12.1 Å². The predicted molar refractivity (Wildman–Crippen MR) is 77.0 cm³/mol. The first-order chi connectivity index (χ1) is 9.34. The van der Waals surface area contributed by atoms with E-state index in [0.717, 1.165) is 12.3 Å². The highest BCUT2D eigenvalue weighted by Gasteiger charge is 2.39. The van der Waals surface area contributed by atoms with E-state index in [9.17, 15) is 4.79 Å². The second-order valence-corrected chi connectivity index (χ2v) is 6.17. The van der Waals surface area contributed by atoms with Crippen molar-refractivity contribution < 1.29 is 14.3 Å². The standard InChI is InChI=1S/C15H24N2O3/c1-11-8-12(20-13(11)14(18)19)9-17(4)10-15(16(2)3)6-5-7-15/h8H,5-7,9-10H2,1-4H3,(H,18,19). The van der Waals surface area contributed by atoms with Crippen LogP contribution < -0.4 is 0 Å². The quantitative estimate of drug-likeness (QED) is 0.865. The van der Waals surface area contributed by atoms with E-state index >= 15 is 0 Å². The molecule has 5 nitrogen and oxygen atoms in total. The van der Waals surface area contributed by atoms with Gasteiger partial charge in [0.2, 0.25) is 5.76 Å². The lowest BCUT2D eigenvalue weighted by molar-refractivity contribution is 0.0242. The summed E-state index contributed by atoms with van der Waals surface area (Å²) in [4.78, 5) is 15.5. The van der Waals surface area contributed by atoms with Gasteiger partial charge in [-0.25, -0.2) is 4.79 Å². The fourth-order valence-electron chi connectivity index (χ4n) is 2.99. The van der Waals surface area contributed by atoms with Crippen molar-refractivity contribution in [3.8, 4) is 0 Å². The molecule has 1 saturated carbocycles. The van der Waals surface area contributed by atoms with Gasteiger partial charge in [0.25, 0.3) is 0 Å². The molecule has 1 heterocycles. The van der Waals surface area contributed by atoms with Crippen molar-refractivity contribution in [3.63, 3.8) is 0 Å². The summed E-state index contributed by atoms with van der Waals surface area (Å²) in [5, 5.41) is 9.01. The predicted octanol–water partition coefficient (Wildman–Crippen LogP) is 2.20. The Kier molecular flexibility index (Phi) is 4.20. The van der Waals surface area contributed by atoms with Crippen LogP contribution in [0.25, 0.3) is 0 Å². The van der Waals surface area contributed by atoms with Crippen molar-refractivity contribution in [3.05, 3.63) is 23.2 Å². The first kappa shape index (κ1) is 15.1. The summed E-state index contributed by atoms with van der Waals surface area (Å²) >= 11 is 0. The van der Waals surface area contributed by atoms with E-state index in [1.165, 1.54) is 19.3 Å². The molecule has 1 fully saturated rings. The van der Waals surface area contributed by atoms with E-state index in [1.807, 2.05) is 6.07 Å². The van der Waals surface area contributed by atoms with Gasteiger partial charge in [0, 0.05) is 17.6 Å². The van der Waals surface area contributed by atoms with Gasteiger partial charge in [0.05, 0.1) is 6.54 Å². The molecule has 0 spiro atoms. The van der Waals surface area contributed by atoms with Crippen LogP contribution in [0.5, 0.6) is 0 Å². The lowest BCUT2D eigenvalue weighted by atomic mass is 9.75. The summed E-state index contributed by atoms with van der Waals surface area (Å²) in [6, 6.07) is 1.82. The summed E-state index contributed by atoms with van der Waals surface area (Å²) in [5.74, 6) is -0.227. The van der Waals surface area contributed by atoms with Crippen LogP contribution in [0.4, 0.5) is 0 Å². The van der Waals surface area contributed by atoms with Crippen LogP contribution in [0.15, 0.2) is 10.5 Å². The van der Waals surface area contributed by atoms with Crippen molar-refractivity contribution >= 4 is 5.97 Å². The highest BCUT2D eigenvalue weighted by Crippen LogP contribution is 2.36. The van der Waals surface area contributed by atoms with Crippen molar-refractivity contribution in [2.45, 2.75) is 38.3 Å². The van der Waals surface area contributed by atoms with Gasteiger partial charge in [-0.2, -0.15) is 0 Å². The number of hydrogen-bond donors (Lipinski definition) is 1. The third-order valence-corrected chi connectivity index (χ3v) is 4.39. The second-order valence-electron chi connectivity index (χ2n) is 6.17. The summed E-state index contributed by atoms with van der Waals surface area (Å²) in [5.41, 5.74) is 0.957. The van der Waals surface area contributed by atoms with Gasteiger partial charge >= 0.3 is 5.97 Å². The lowest BCUT2D eigenvalue weighted by Crippen LogP contribution is -2.56. The average molecular weight is 280 g/mol. The summed E-state index contributed by atoms with van der Waals surface area (Å²) in [6.45, 7) is 3.38. The number of carbonyl (C=O) groups is 1. The molecule has 0 unspecified atom stereocenters. The number of rotatable bonds is 6. The van der Waals surface area contributed by atoms with Crippen molar-refractivity contribution in [2.75, 3.05) is 27.7 Å². The maximum absolute atomic E-state index is 11.0. The van der Waals surface area contributed by atoms with Crippen molar-refractivity contribution in [2.24, 2.45) is 0 Å². The number of aryl methyl sites for hydroxylation is 1. The smallest absolute Gasteiger partial charge is 0.372 e. The molecule has 0 bridgehead atoms. The van der Waals surface area contributed by atoms with Crippen molar-refractivity contribution in [1.29, 1.82) is 0 Å². The van der Waals surface area contributed by atoms with Crippen LogP contribution in [-0.4, -0.2) is 54.1 Å². The van der Waals surface area contributed by atoms with Crippen LogP contribution in [0, 0.1) is 6.92 Å². The van der Waals surface area contributed by atoms with E-state index in [2.05, 4.69) is 30.9 Å². The molecule has 112 valence electrons. The van der Waals surface area contributed by atoms with E-state index in [-0.39, 0.29) is 11.3 Å². The number of carboxylic acids is 1. The molecule has 5 heteroatoms. The monoisotopic (exact) mass is 280 g/mol. The van der Waals surface area contributed by atoms with Gasteiger partial charge in [-0.15, -0.1) is 0 Å². The highest BCUT2D eigenvalue weighted by atomic mass is 16.4. The Balaban J connectivity index is 1.99. The zero-order valence-corrected chi connectivity index (χ0v) is 12.8. The van der Waals surface area contributed by atoms with Crippen LogP contribution >= 0.6 is 0 Å². The first-order valence-electron chi connectivity index (χ1n) is 7.03. The molecule has 0 atom stereocenters. The Hall–Kier alpha value is -1.33. The largest absolute Gasteiger partial charge is 0.475 e. The minimum atomic E-state index is -1.000. The number of furan rings is 1. The molecule has 1 aromatic heterocycles. The minimum absolute atomic E-state index is 0.0550. The maximum atomic E-state index is 11.0. The Morgan fingerprint density at radius 3 is 2.45 bits per heavy atom. The Morgan fingerprint density at radius 1 is 1.40 bits per heavy atom. The van der Waals surface area contributed by atoms with Crippen LogP contribution in [0.3, 0.4) is 0 Å². The summed E-state index contributed by atoms with van der Waals surface area (Å²) in [6.07, 6.45) is 3.73. The Labute approximate surface area is 120 Å². The SMILES string of the molecule is Cc1cc(CN(C)CC2(N(C)C)CCC2)oc1C(=O)O. The topological polar surface area (TPSA) is 56.9 Å². The van der Waals surface area contributed by atoms with Crippen LogP contribution in [0.1, 0.15) is 41.1 Å². The summed E-state index contributed by atoms with van der Waals surface area (Å²) in [7, 11) is 6.32. The third kappa shape index (κ3) is 2.88. The van der Waals surface area contributed by atoms with E-state index in [4.69, 9.17) is 9.52 Å². The average Bonchev–Trinajstić information content (AvgIpc) is 2.64. The van der Waals surface area contributed by atoms with Gasteiger partial charge in [-0.05, 0) is 53.4 Å². The van der Waals surface area contributed by atoms with E-state index < -0.39 is 5.97 Å². The number of aromatic carboxylic acids is 1. The Morgan fingerprint density at radius 2 is 2.05 bits per heavy atom. The molecule has 0 radical (unpaired) electrons. The van der Waals surface area contributed by atoms with Gasteiger partial charge in [-0.3, -0.25) is 4.90 Å². The molecule has 0 aromatic carbocycles. The molecule has 0 saturated heterocycles. The molecule has 0 amide bonds. The van der Waals surface area contributed by atoms with Crippen molar-refractivity contribution in [1.82, 2.24) is 9.80 Å². The molecule has 20 heavy (non-hydrogen) atoms. The number of hydrogen-bond acceptors (Lipinski definition) is 4. The maximum Gasteiger partial charge on any atom is 0.372 e. The van der Waals surface area contributed by atoms with Crippen LogP contribution in [-0.2, 0) is 6.54 Å². The molecule has 2 rings (SSSR count). The minimum Gasteiger partial charge on any atom is -0.475 e. The van der Waals surface area contributed by atoms with Gasteiger partial charge in [-0.1, -0.05) is 0 Å². The molecule has 1 aromatic rings. The summed E-state index contributed by atoms with van der Waals surface area (Å²) < 4.78 is 5.42. The van der Waals surface area contributed by atoms with Gasteiger partial charge < -0.3 is 14.4 Å². The zero-order valence-electron chi connectivity index (χ0n) is 12.8. The first-order valence-corrected chi connectivity index (χ1v) is 7.03. The fraction of sp³-hybridized carbons (Fsp3) is 0.667. The molecule has 0 aliphatic heterocycles. The lowest BCUT2D eigenvalue weighted by Gasteiger charge is -2.49. The number of likely N-dealkylation sites (N-methyl/N-ethyl adjacent to an activating group) is 2. The number of carboxylic acid groups (broad SMARTS) is 1. The molecular formula is C15H24N2O3. The fourth-order valence-corrected chi connectivity index (χ4v) is 2.99. The molecule has 1 N–H and O–H groups in total. The second kappa shape index (κ2) is 5.58. The molecule has 1 aliphatic carbocycles. The molecular weight excluding hydrogens is 256 g/mol. The number of nitrogens with zero attached hydrogens (tertiary/aromatic N) is 2. The van der Waals surface area contributed by atoms with Gasteiger partial charge in [0.15, 0.2) is 0 Å². The zero-order chi connectivity index (χ0) is 14.9. The van der Waals surface area contributed by atoms with Gasteiger partial charge in [0.1, 0.15) is 5.76 Å². The molecule has 1 aliphatic rings. The highest BCUT2D eigenvalue weighted by molar-refractivity contribution is 5.86. The van der Waals surface area contributed by atoms with Crippen LogP contribution in [0.2, 0.25) is 0 Å². The third-order valence-electron chi connectivity index (χ3n) is 4.39. The van der Waals surface area contributed by atoms with E-state index in [1.54, 1.807) is 6.92 Å².